The number of carbonyl (C=O) groups is 1. The molecule has 0 bridgehead atoms. The van der Waals surface area contributed by atoms with Gasteiger partial charge in [-0.3, -0.25) is 14.9 Å². The Balaban J connectivity index is 2.19. The van der Waals surface area contributed by atoms with Gasteiger partial charge in [-0.25, -0.2) is 0 Å². The van der Waals surface area contributed by atoms with Gasteiger partial charge in [-0.15, -0.1) is 0 Å². The van der Waals surface area contributed by atoms with E-state index in [0.717, 1.165) is 25.7 Å². The van der Waals surface area contributed by atoms with Crippen LogP contribution in [0.25, 0.3) is 0 Å². The smallest absolute Gasteiger partial charge is 0.284 e. The summed E-state index contributed by atoms with van der Waals surface area (Å²) in [6, 6.07) is 4.67. The standard InChI is InChI=1S/C12H13BrN2O3/c13-11-9(6-3-7-10(11)15(17)18)12(16)14-8-4-1-2-5-8/h3,6-8H,1-2,4-5H2,(H,14,16). The molecular formula is C12H13BrN2O3. The highest BCUT2D eigenvalue weighted by Gasteiger charge is 2.22. The first-order chi connectivity index (χ1) is 8.59. The van der Waals surface area contributed by atoms with E-state index in [2.05, 4.69) is 21.2 Å². The molecule has 0 atom stereocenters. The van der Waals surface area contributed by atoms with Crippen molar-refractivity contribution < 1.29 is 9.72 Å². The molecule has 0 unspecified atom stereocenters. The van der Waals surface area contributed by atoms with Crippen LogP contribution in [-0.2, 0) is 0 Å². The Morgan fingerprint density at radius 1 is 1.39 bits per heavy atom. The minimum absolute atomic E-state index is 0.0888. The second-order valence-electron chi connectivity index (χ2n) is 4.35. The van der Waals surface area contributed by atoms with Crippen molar-refractivity contribution in [2.75, 3.05) is 0 Å². The molecule has 1 amide bonds. The van der Waals surface area contributed by atoms with Crippen molar-refractivity contribution in [3.8, 4) is 0 Å². The van der Waals surface area contributed by atoms with Crippen molar-refractivity contribution in [2.45, 2.75) is 31.7 Å². The number of rotatable bonds is 3. The predicted molar refractivity (Wildman–Crippen MR) is 70.5 cm³/mol. The van der Waals surface area contributed by atoms with Crippen LogP contribution in [0.4, 0.5) is 5.69 Å². The lowest BCUT2D eigenvalue weighted by Gasteiger charge is -2.12. The lowest BCUT2D eigenvalue weighted by Crippen LogP contribution is -2.32. The van der Waals surface area contributed by atoms with Crippen LogP contribution in [0.2, 0.25) is 0 Å². The third kappa shape index (κ3) is 2.69. The first kappa shape index (κ1) is 13.0. The number of nitrogens with one attached hydrogen (secondary N) is 1. The van der Waals surface area contributed by atoms with Crippen LogP contribution in [0.1, 0.15) is 36.0 Å². The van der Waals surface area contributed by atoms with Gasteiger partial charge >= 0.3 is 0 Å². The van der Waals surface area contributed by atoms with Crippen molar-refractivity contribution in [3.63, 3.8) is 0 Å². The summed E-state index contributed by atoms with van der Waals surface area (Å²) in [5.41, 5.74) is 0.227. The molecule has 1 aromatic rings. The van der Waals surface area contributed by atoms with Crippen molar-refractivity contribution in [1.29, 1.82) is 0 Å². The van der Waals surface area contributed by atoms with Gasteiger partial charge in [-0.1, -0.05) is 18.9 Å². The minimum Gasteiger partial charge on any atom is -0.349 e. The Bertz CT molecular complexity index is 484. The first-order valence-electron chi connectivity index (χ1n) is 5.83. The van der Waals surface area contributed by atoms with Crippen LogP contribution in [0, 0.1) is 10.1 Å². The van der Waals surface area contributed by atoms with E-state index in [1.54, 1.807) is 6.07 Å². The van der Waals surface area contributed by atoms with Gasteiger partial charge in [-0.05, 0) is 34.8 Å². The van der Waals surface area contributed by atoms with Crippen molar-refractivity contribution in [1.82, 2.24) is 5.32 Å². The van der Waals surface area contributed by atoms with Gasteiger partial charge in [0.25, 0.3) is 11.6 Å². The fraction of sp³-hybridized carbons (Fsp3) is 0.417. The second kappa shape index (κ2) is 5.48. The molecule has 1 saturated carbocycles. The van der Waals surface area contributed by atoms with Crippen LogP contribution >= 0.6 is 15.9 Å². The van der Waals surface area contributed by atoms with Crippen LogP contribution in [-0.4, -0.2) is 16.9 Å². The Morgan fingerprint density at radius 3 is 2.67 bits per heavy atom. The van der Waals surface area contributed by atoms with Gasteiger partial charge in [0, 0.05) is 12.1 Å². The van der Waals surface area contributed by atoms with Crippen LogP contribution < -0.4 is 5.32 Å². The number of hydrogen-bond donors (Lipinski definition) is 1. The molecule has 96 valence electrons. The Kier molecular flexibility index (Phi) is 3.96. The van der Waals surface area contributed by atoms with Gasteiger partial charge in [0.2, 0.25) is 0 Å². The number of nitro groups is 1. The molecular weight excluding hydrogens is 300 g/mol. The molecule has 0 heterocycles. The molecule has 1 aromatic carbocycles. The van der Waals surface area contributed by atoms with Crippen LogP contribution in [0.5, 0.6) is 0 Å². The van der Waals surface area contributed by atoms with Crippen molar-refractivity contribution in [3.05, 3.63) is 38.3 Å². The molecule has 0 aromatic heterocycles. The molecule has 0 spiro atoms. The number of carbonyl (C=O) groups excluding carboxylic acids is 1. The normalized spacial score (nSPS) is 15.6. The van der Waals surface area contributed by atoms with Gasteiger partial charge in [0.1, 0.15) is 4.47 Å². The molecule has 0 saturated heterocycles. The van der Waals surface area contributed by atoms with E-state index in [1.165, 1.54) is 12.1 Å². The van der Waals surface area contributed by atoms with E-state index in [9.17, 15) is 14.9 Å². The van der Waals surface area contributed by atoms with E-state index in [-0.39, 0.29) is 22.1 Å². The van der Waals surface area contributed by atoms with E-state index in [4.69, 9.17) is 0 Å². The van der Waals surface area contributed by atoms with E-state index in [0.29, 0.717) is 5.56 Å². The summed E-state index contributed by atoms with van der Waals surface area (Å²) in [4.78, 5) is 22.3. The summed E-state index contributed by atoms with van der Waals surface area (Å²) >= 11 is 3.13. The third-order valence-corrected chi connectivity index (χ3v) is 3.94. The van der Waals surface area contributed by atoms with Crippen molar-refractivity contribution >= 4 is 27.5 Å². The number of nitro benzene ring substituents is 1. The topological polar surface area (TPSA) is 72.2 Å². The first-order valence-corrected chi connectivity index (χ1v) is 6.62. The molecule has 1 aliphatic rings. The summed E-state index contributed by atoms with van der Waals surface area (Å²) in [6.45, 7) is 0. The molecule has 1 fully saturated rings. The Hall–Kier alpha value is -1.43. The highest BCUT2D eigenvalue weighted by molar-refractivity contribution is 9.10. The largest absolute Gasteiger partial charge is 0.349 e. The monoisotopic (exact) mass is 312 g/mol. The lowest BCUT2D eigenvalue weighted by molar-refractivity contribution is -0.385. The van der Waals surface area contributed by atoms with Gasteiger partial charge in [0.05, 0.1) is 10.5 Å². The number of nitrogens with zero attached hydrogens (tertiary/aromatic N) is 1. The number of amides is 1. The third-order valence-electron chi connectivity index (χ3n) is 3.11. The molecule has 0 radical (unpaired) electrons. The van der Waals surface area contributed by atoms with Crippen LogP contribution in [0.15, 0.2) is 22.7 Å². The molecule has 5 nitrogen and oxygen atoms in total. The molecule has 0 aliphatic heterocycles. The number of halogens is 1. The Morgan fingerprint density at radius 2 is 2.06 bits per heavy atom. The van der Waals surface area contributed by atoms with E-state index >= 15 is 0 Å². The summed E-state index contributed by atoms with van der Waals surface area (Å²) in [6.07, 6.45) is 4.22. The number of hydrogen-bond acceptors (Lipinski definition) is 3. The molecule has 2 rings (SSSR count). The fourth-order valence-electron chi connectivity index (χ4n) is 2.17. The lowest BCUT2D eigenvalue weighted by atomic mass is 10.1. The second-order valence-corrected chi connectivity index (χ2v) is 5.14. The summed E-state index contributed by atoms with van der Waals surface area (Å²) in [5.74, 6) is -0.252. The zero-order valence-electron chi connectivity index (χ0n) is 9.69. The average molecular weight is 313 g/mol. The zero-order valence-corrected chi connectivity index (χ0v) is 11.3. The van der Waals surface area contributed by atoms with Gasteiger partial charge in [0.15, 0.2) is 0 Å². The van der Waals surface area contributed by atoms with E-state index < -0.39 is 4.92 Å². The highest BCUT2D eigenvalue weighted by Crippen LogP contribution is 2.28. The van der Waals surface area contributed by atoms with Gasteiger partial charge in [-0.2, -0.15) is 0 Å². The predicted octanol–water partition coefficient (Wildman–Crippen LogP) is 3.03. The van der Waals surface area contributed by atoms with Crippen LogP contribution in [0.3, 0.4) is 0 Å². The summed E-state index contributed by atoms with van der Waals surface area (Å²) < 4.78 is 0.241. The maximum absolute atomic E-state index is 12.0. The summed E-state index contributed by atoms with van der Waals surface area (Å²) in [5, 5.41) is 13.7. The fourth-order valence-corrected chi connectivity index (χ4v) is 2.76. The summed E-state index contributed by atoms with van der Waals surface area (Å²) in [7, 11) is 0. The molecule has 1 N–H and O–H groups in total. The quantitative estimate of drug-likeness (QED) is 0.688. The highest BCUT2D eigenvalue weighted by atomic mass is 79.9. The molecule has 1 aliphatic carbocycles. The minimum atomic E-state index is -0.504. The maximum atomic E-state index is 12.0. The SMILES string of the molecule is O=C(NC1CCCC1)c1cccc([N+](=O)[O-])c1Br. The average Bonchev–Trinajstić information content (AvgIpc) is 2.81. The van der Waals surface area contributed by atoms with Gasteiger partial charge < -0.3 is 5.32 Å². The molecule has 18 heavy (non-hydrogen) atoms. The zero-order chi connectivity index (χ0) is 13.1. The van der Waals surface area contributed by atoms with E-state index in [1.807, 2.05) is 0 Å². The number of benzene rings is 1. The maximum Gasteiger partial charge on any atom is 0.284 e. The molecule has 6 heteroatoms. The van der Waals surface area contributed by atoms with Crippen molar-refractivity contribution in [2.24, 2.45) is 0 Å². The Labute approximate surface area is 113 Å².